The van der Waals surface area contributed by atoms with E-state index in [-0.39, 0.29) is 29.5 Å². The number of hydrogen-bond donors (Lipinski definition) is 2. The van der Waals surface area contributed by atoms with Gasteiger partial charge < -0.3 is 10.1 Å². The van der Waals surface area contributed by atoms with E-state index in [2.05, 4.69) is 26.0 Å². The molecule has 0 radical (unpaired) electrons. The van der Waals surface area contributed by atoms with E-state index in [4.69, 9.17) is 4.74 Å². The molecule has 0 aliphatic carbocycles. The van der Waals surface area contributed by atoms with Crippen LogP contribution in [-0.4, -0.2) is 20.9 Å². The van der Waals surface area contributed by atoms with Crippen LogP contribution in [0.1, 0.15) is 11.1 Å². The highest BCUT2D eigenvalue weighted by atomic mass is 79.9. The van der Waals surface area contributed by atoms with Gasteiger partial charge in [0.2, 0.25) is 10.0 Å². The molecule has 0 aromatic heterocycles. The molecule has 144 valence electrons. The first kappa shape index (κ1) is 19.6. The van der Waals surface area contributed by atoms with Crippen molar-refractivity contribution in [1.29, 1.82) is 0 Å². The zero-order chi connectivity index (χ0) is 19.8. The molecule has 11 heteroatoms. The molecule has 6 nitrogen and oxygen atoms in total. The Kier molecular flexibility index (Phi) is 5.19. The van der Waals surface area contributed by atoms with Crippen molar-refractivity contribution in [3.63, 3.8) is 0 Å². The van der Waals surface area contributed by atoms with Gasteiger partial charge in [0, 0.05) is 11.0 Å². The van der Waals surface area contributed by atoms with E-state index in [0.29, 0.717) is 10.0 Å². The van der Waals surface area contributed by atoms with Crippen LogP contribution >= 0.6 is 15.9 Å². The Balaban J connectivity index is 1.83. The second kappa shape index (κ2) is 7.13. The summed E-state index contributed by atoms with van der Waals surface area (Å²) < 4.78 is 71.0. The molecule has 1 aliphatic heterocycles. The van der Waals surface area contributed by atoms with Crippen molar-refractivity contribution in [1.82, 2.24) is 4.72 Å². The topological polar surface area (TPSA) is 84.5 Å². The number of halogens is 4. The van der Waals surface area contributed by atoms with Crippen LogP contribution in [0.4, 0.5) is 18.9 Å². The van der Waals surface area contributed by atoms with Crippen molar-refractivity contribution < 1.29 is 31.1 Å². The lowest BCUT2D eigenvalue weighted by Crippen LogP contribution is -2.29. The monoisotopic (exact) mass is 464 g/mol. The van der Waals surface area contributed by atoms with Gasteiger partial charge in [-0.1, -0.05) is 28.1 Å². The molecule has 0 fully saturated rings. The summed E-state index contributed by atoms with van der Waals surface area (Å²) in [6.45, 7) is -0.538. The first-order valence-electron chi connectivity index (χ1n) is 7.48. The summed E-state index contributed by atoms with van der Waals surface area (Å²) in [6.07, 6.45) is -4.46. The molecule has 2 aromatic carbocycles. The molecule has 1 amide bonds. The van der Waals surface area contributed by atoms with Crippen molar-refractivity contribution in [2.75, 3.05) is 11.9 Å². The standard InChI is InChI=1S/C16H12BrF3N2O4S/c17-11-5-12-15(26-8-14(23)22-12)13(6-11)27(24,25)21-7-9-1-3-10(4-2-9)16(18,19)20/h1-6,21H,7-8H2,(H,22,23). The number of amides is 1. The first-order valence-corrected chi connectivity index (χ1v) is 9.76. The molecule has 0 bridgehead atoms. The van der Waals surface area contributed by atoms with Gasteiger partial charge in [-0.15, -0.1) is 0 Å². The van der Waals surface area contributed by atoms with Gasteiger partial charge in [0.1, 0.15) is 4.90 Å². The molecule has 2 aromatic rings. The summed E-state index contributed by atoms with van der Waals surface area (Å²) in [7, 11) is -4.06. The van der Waals surface area contributed by atoms with Crippen LogP contribution in [0, 0.1) is 0 Å². The number of ether oxygens (including phenoxy) is 1. The minimum Gasteiger partial charge on any atom is -0.480 e. The fraction of sp³-hybridized carbons (Fsp3) is 0.188. The lowest BCUT2D eigenvalue weighted by molar-refractivity contribution is -0.137. The molecule has 0 saturated carbocycles. The zero-order valence-electron chi connectivity index (χ0n) is 13.4. The van der Waals surface area contributed by atoms with E-state index in [1.54, 1.807) is 0 Å². The predicted molar refractivity (Wildman–Crippen MR) is 93.7 cm³/mol. The molecule has 1 heterocycles. The molecule has 0 atom stereocenters. The number of rotatable bonds is 4. The smallest absolute Gasteiger partial charge is 0.416 e. The molecule has 2 N–H and O–H groups in total. The summed E-state index contributed by atoms with van der Waals surface area (Å²) in [4.78, 5) is 11.2. The fourth-order valence-electron chi connectivity index (χ4n) is 2.40. The number of anilines is 1. The minimum atomic E-state index is -4.46. The largest absolute Gasteiger partial charge is 0.480 e. The Morgan fingerprint density at radius 2 is 1.85 bits per heavy atom. The number of benzene rings is 2. The van der Waals surface area contributed by atoms with E-state index >= 15 is 0 Å². The van der Waals surface area contributed by atoms with Gasteiger partial charge >= 0.3 is 6.18 Å². The SMILES string of the molecule is O=C1COc2c(cc(Br)cc2S(=O)(=O)NCc2ccc(C(F)(F)F)cc2)N1. The second-order valence-electron chi connectivity index (χ2n) is 5.64. The van der Waals surface area contributed by atoms with Gasteiger partial charge in [-0.25, -0.2) is 13.1 Å². The molecule has 27 heavy (non-hydrogen) atoms. The molecule has 1 aliphatic rings. The first-order chi connectivity index (χ1) is 12.6. The van der Waals surface area contributed by atoms with E-state index in [0.717, 1.165) is 12.1 Å². The lowest BCUT2D eigenvalue weighted by Gasteiger charge is -2.21. The Hall–Kier alpha value is -2.11. The van der Waals surface area contributed by atoms with Crippen LogP contribution in [0.2, 0.25) is 0 Å². The van der Waals surface area contributed by atoms with Crippen LogP contribution in [0.15, 0.2) is 45.8 Å². The number of alkyl halides is 3. The average Bonchev–Trinajstić information content (AvgIpc) is 2.58. The van der Waals surface area contributed by atoms with Crippen LogP contribution in [0.3, 0.4) is 0 Å². The number of hydrogen-bond acceptors (Lipinski definition) is 4. The zero-order valence-corrected chi connectivity index (χ0v) is 15.8. The maximum Gasteiger partial charge on any atom is 0.416 e. The van der Waals surface area contributed by atoms with Gasteiger partial charge in [0.15, 0.2) is 12.4 Å². The number of carbonyl (C=O) groups is 1. The summed E-state index contributed by atoms with van der Waals surface area (Å²) >= 11 is 3.17. The normalized spacial score (nSPS) is 14.3. The third kappa shape index (κ3) is 4.42. The molecule has 3 rings (SSSR count). The van der Waals surface area contributed by atoms with Gasteiger partial charge in [-0.3, -0.25) is 4.79 Å². The van der Waals surface area contributed by atoms with E-state index in [9.17, 15) is 26.4 Å². The fourth-order valence-corrected chi connectivity index (χ4v) is 4.22. The van der Waals surface area contributed by atoms with Crippen molar-refractivity contribution in [3.05, 3.63) is 52.0 Å². The molecule has 0 saturated heterocycles. The lowest BCUT2D eigenvalue weighted by atomic mass is 10.1. The maximum absolute atomic E-state index is 12.6. The Labute approximate surface area is 160 Å². The maximum atomic E-state index is 12.6. The second-order valence-corrected chi connectivity index (χ2v) is 8.29. The summed E-state index contributed by atoms with van der Waals surface area (Å²) in [5.74, 6) is -0.417. The Bertz CT molecular complexity index is 992. The van der Waals surface area contributed by atoms with Crippen LogP contribution < -0.4 is 14.8 Å². The molecule has 0 spiro atoms. The number of sulfonamides is 1. The van der Waals surface area contributed by atoms with E-state index < -0.39 is 27.7 Å². The third-order valence-electron chi connectivity index (χ3n) is 3.68. The highest BCUT2D eigenvalue weighted by Crippen LogP contribution is 2.37. The van der Waals surface area contributed by atoms with E-state index in [1.807, 2.05) is 0 Å². The van der Waals surface area contributed by atoms with Crippen molar-refractivity contribution in [2.24, 2.45) is 0 Å². The number of fused-ring (bicyclic) bond motifs is 1. The van der Waals surface area contributed by atoms with Crippen molar-refractivity contribution in [3.8, 4) is 5.75 Å². The van der Waals surface area contributed by atoms with Crippen molar-refractivity contribution >= 4 is 37.5 Å². The van der Waals surface area contributed by atoms with Gasteiger partial charge in [0.25, 0.3) is 5.91 Å². The predicted octanol–water partition coefficient (Wildman–Crippen LogP) is 3.28. The highest BCUT2D eigenvalue weighted by Gasteiger charge is 2.30. The molecule has 0 unspecified atom stereocenters. The average molecular weight is 465 g/mol. The van der Waals surface area contributed by atoms with Gasteiger partial charge in [-0.05, 0) is 29.8 Å². The van der Waals surface area contributed by atoms with Gasteiger partial charge in [0.05, 0.1) is 11.3 Å². The minimum absolute atomic E-state index is 0.00211. The van der Waals surface area contributed by atoms with Crippen LogP contribution in [0.25, 0.3) is 0 Å². The summed E-state index contributed by atoms with van der Waals surface area (Å²) in [6, 6.07) is 6.95. The number of carbonyl (C=O) groups excluding carboxylic acids is 1. The van der Waals surface area contributed by atoms with Crippen molar-refractivity contribution in [2.45, 2.75) is 17.6 Å². The van der Waals surface area contributed by atoms with Crippen LogP contribution in [0.5, 0.6) is 5.75 Å². The summed E-state index contributed by atoms with van der Waals surface area (Å²) in [5.41, 5.74) is -0.264. The quantitative estimate of drug-likeness (QED) is 0.726. The molecular formula is C16H12BrF3N2O4S. The third-order valence-corrected chi connectivity index (χ3v) is 5.54. The van der Waals surface area contributed by atoms with Crippen LogP contribution in [-0.2, 0) is 27.5 Å². The Morgan fingerprint density at radius 3 is 2.48 bits per heavy atom. The highest BCUT2D eigenvalue weighted by molar-refractivity contribution is 9.10. The summed E-state index contributed by atoms with van der Waals surface area (Å²) in [5, 5.41) is 2.51. The van der Waals surface area contributed by atoms with Gasteiger partial charge in [-0.2, -0.15) is 13.2 Å². The molecular weight excluding hydrogens is 453 g/mol. The Morgan fingerprint density at radius 1 is 1.19 bits per heavy atom. The van der Waals surface area contributed by atoms with E-state index in [1.165, 1.54) is 24.3 Å². The number of nitrogens with one attached hydrogen (secondary N) is 2.